The summed E-state index contributed by atoms with van der Waals surface area (Å²) in [5.41, 5.74) is 13.0. The Morgan fingerprint density at radius 2 is 2.00 bits per heavy atom. The van der Waals surface area contributed by atoms with Crippen LogP contribution in [0.15, 0.2) is 18.2 Å². The third kappa shape index (κ3) is 3.17. The molecule has 1 amide bonds. The molecule has 0 bridgehead atoms. The molecule has 1 aromatic heterocycles. The van der Waals surface area contributed by atoms with E-state index in [2.05, 4.69) is 17.2 Å². The van der Waals surface area contributed by atoms with E-state index < -0.39 is 6.09 Å². The molecule has 2 aromatic rings. The van der Waals surface area contributed by atoms with Crippen LogP contribution in [0.1, 0.15) is 11.3 Å². The number of benzene rings is 1. The van der Waals surface area contributed by atoms with Crippen molar-refractivity contribution in [3.05, 3.63) is 29.5 Å². The molecule has 19 heavy (non-hydrogen) atoms. The molecule has 0 saturated carbocycles. The molecular weight excluding hydrogens is 246 g/mol. The summed E-state index contributed by atoms with van der Waals surface area (Å²) in [7, 11) is 2.01. The van der Waals surface area contributed by atoms with Gasteiger partial charge in [0.1, 0.15) is 5.75 Å². The molecule has 0 aliphatic carbocycles. The molecule has 2 rings (SSSR count). The lowest BCUT2D eigenvalue weighted by Gasteiger charge is -2.00. The topological polar surface area (TPSA) is 115 Å². The number of carbonyl (C=O) groups is 1. The van der Waals surface area contributed by atoms with E-state index in [1.807, 2.05) is 19.2 Å². The Kier molecular flexibility index (Phi) is 4.77. The standard InChI is InChI=1S/C12H16N2O.CH3NO2/c1-8-9(6-7-13)12-10(14(8)2)4-3-5-11(12)15;2-1(3)4/h3-5,15H,6-7,13H2,1-2H3;2H2,(H,3,4). The molecule has 0 saturated heterocycles. The van der Waals surface area contributed by atoms with Crippen LogP contribution in [0.25, 0.3) is 10.9 Å². The Labute approximate surface area is 111 Å². The second-order valence-corrected chi connectivity index (χ2v) is 4.17. The molecule has 6 N–H and O–H groups in total. The summed E-state index contributed by atoms with van der Waals surface area (Å²) < 4.78 is 2.10. The van der Waals surface area contributed by atoms with Crippen molar-refractivity contribution in [2.45, 2.75) is 13.3 Å². The second-order valence-electron chi connectivity index (χ2n) is 4.17. The van der Waals surface area contributed by atoms with Gasteiger partial charge in [0, 0.05) is 18.1 Å². The monoisotopic (exact) mass is 265 g/mol. The van der Waals surface area contributed by atoms with Crippen molar-refractivity contribution in [2.75, 3.05) is 6.54 Å². The number of hydrogen-bond donors (Lipinski definition) is 4. The van der Waals surface area contributed by atoms with Crippen LogP contribution in [0.2, 0.25) is 0 Å². The minimum Gasteiger partial charge on any atom is -0.507 e. The van der Waals surface area contributed by atoms with Gasteiger partial charge in [-0.05, 0) is 37.6 Å². The van der Waals surface area contributed by atoms with Crippen LogP contribution in [0.5, 0.6) is 5.75 Å². The minimum absolute atomic E-state index is 0.347. The van der Waals surface area contributed by atoms with E-state index in [1.165, 1.54) is 5.69 Å². The third-order valence-electron chi connectivity index (χ3n) is 3.02. The van der Waals surface area contributed by atoms with Gasteiger partial charge in [0.05, 0.1) is 5.52 Å². The van der Waals surface area contributed by atoms with Crippen LogP contribution in [0.3, 0.4) is 0 Å². The quantitative estimate of drug-likeness (QED) is 0.655. The number of aromatic hydroxyl groups is 1. The fraction of sp³-hybridized carbons (Fsp3) is 0.308. The number of phenols is 1. The van der Waals surface area contributed by atoms with Gasteiger partial charge < -0.3 is 26.2 Å². The fourth-order valence-corrected chi connectivity index (χ4v) is 2.13. The summed E-state index contributed by atoms with van der Waals surface area (Å²) in [6, 6.07) is 5.60. The lowest BCUT2D eigenvalue weighted by Crippen LogP contribution is -2.04. The molecule has 1 aromatic carbocycles. The maximum atomic E-state index is 9.86. The molecule has 1 heterocycles. The van der Waals surface area contributed by atoms with Gasteiger partial charge in [0.2, 0.25) is 0 Å². The Bertz CT molecular complexity index is 586. The number of phenolic OH excluding ortho intramolecular Hbond substituents is 1. The van der Waals surface area contributed by atoms with Gasteiger partial charge in [-0.3, -0.25) is 0 Å². The van der Waals surface area contributed by atoms with Crippen molar-refractivity contribution < 1.29 is 15.0 Å². The number of aromatic nitrogens is 1. The molecule has 0 radical (unpaired) electrons. The van der Waals surface area contributed by atoms with Gasteiger partial charge in [-0.2, -0.15) is 0 Å². The zero-order valence-corrected chi connectivity index (χ0v) is 11.1. The van der Waals surface area contributed by atoms with Gasteiger partial charge >= 0.3 is 6.09 Å². The summed E-state index contributed by atoms with van der Waals surface area (Å²) in [6.07, 6.45) is -0.527. The van der Waals surface area contributed by atoms with Crippen molar-refractivity contribution in [3.63, 3.8) is 0 Å². The molecule has 0 fully saturated rings. The Balaban J connectivity index is 0.000000399. The van der Waals surface area contributed by atoms with E-state index in [1.54, 1.807) is 6.07 Å². The molecule has 6 nitrogen and oxygen atoms in total. The van der Waals surface area contributed by atoms with Crippen LogP contribution < -0.4 is 11.5 Å². The second kappa shape index (κ2) is 6.10. The molecule has 6 heteroatoms. The maximum absolute atomic E-state index is 9.86. The summed E-state index contributed by atoms with van der Waals surface area (Å²) >= 11 is 0. The van der Waals surface area contributed by atoms with Gasteiger partial charge in [-0.25, -0.2) is 4.79 Å². The minimum atomic E-state index is -1.33. The van der Waals surface area contributed by atoms with Gasteiger partial charge in [0.15, 0.2) is 0 Å². The smallest absolute Gasteiger partial charge is 0.402 e. The van der Waals surface area contributed by atoms with E-state index >= 15 is 0 Å². The first kappa shape index (κ1) is 14.8. The molecule has 104 valence electrons. The van der Waals surface area contributed by atoms with E-state index in [0.717, 1.165) is 22.9 Å². The predicted molar refractivity (Wildman–Crippen MR) is 74.3 cm³/mol. The average Bonchev–Trinajstić information content (AvgIpc) is 2.56. The van der Waals surface area contributed by atoms with Crippen molar-refractivity contribution >= 4 is 17.0 Å². The first-order valence-corrected chi connectivity index (χ1v) is 5.84. The fourth-order valence-electron chi connectivity index (χ4n) is 2.13. The maximum Gasteiger partial charge on any atom is 0.402 e. The van der Waals surface area contributed by atoms with Crippen LogP contribution in [-0.4, -0.2) is 27.4 Å². The Morgan fingerprint density at radius 1 is 1.42 bits per heavy atom. The summed E-state index contributed by atoms with van der Waals surface area (Å²) in [5.74, 6) is 0.347. The van der Waals surface area contributed by atoms with Crippen LogP contribution in [-0.2, 0) is 13.5 Å². The average molecular weight is 265 g/mol. The number of aryl methyl sites for hydroxylation is 1. The number of amides is 1. The van der Waals surface area contributed by atoms with Crippen molar-refractivity contribution in [1.29, 1.82) is 0 Å². The van der Waals surface area contributed by atoms with Gasteiger partial charge in [-0.15, -0.1) is 0 Å². The lowest BCUT2D eigenvalue weighted by atomic mass is 10.1. The summed E-state index contributed by atoms with van der Waals surface area (Å²) in [5, 5.41) is 18.0. The molecule has 0 spiro atoms. The van der Waals surface area contributed by atoms with Crippen molar-refractivity contribution in [2.24, 2.45) is 18.5 Å². The lowest BCUT2D eigenvalue weighted by molar-refractivity contribution is 0.205. The largest absolute Gasteiger partial charge is 0.507 e. The molecule has 0 atom stereocenters. The van der Waals surface area contributed by atoms with Crippen molar-refractivity contribution in [3.8, 4) is 5.75 Å². The van der Waals surface area contributed by atoms with E-state index in [9.17, 15) is 5.11 Å². The van der Waals surface area contributed by atoms with Crippen LogP contribution in [0, 0.1) is 6.92 Å². The van der Waals surface area contributed by atoms with E-state index in [-0.39, 0.29) is 0 Å². The van der Waals surface area contributed by atoms with Crippen LogP contribution in [0.4, 0.5) is 4.79 Å². The number of rotatable bonds is 2. The van der Waals surface area contributed by atoms with Gasteiger partial charge in [0.25, 0.3) is 0 Å². The number of nitrogens with zero attached hydrogens (tertiary/aromatic N) is 1. The van der Waals surface area contributed by atoms with Crippen molar-refractivity contribution in [1.82, 2.24) is 4.57 Å². The highest BCUT2D eigenvalue weighted by molar-refractivity contribution is 5.90. The number of nitrogens with two attached hydrogens (primary N) is 2. The highest BCUT2D eigenvalue weighted by Crippen LogP contribution is 2.32. The predicted octanol–water partition coefficient (Wildman–Crippen LogP) is 1.32. The number of carboxylic acid groups (broad SMARTS) is 1. The summed E-state index contributed by atoms with van der Waals surface area (Å²) in [6.45, 7) is 2.67. The Morgan fingerprint density at radius 3 is 2.53 bits per heavy atom. The zero-order chi connectivity index (χ0) is 14.6. The van der Waals surface area contributed by atoms with Gasteiger partial charge in [-0.1, -0.05) is 6.07 Å². The highest BCUT2D eigenvalue weighted by atomic mass is 16.4. The summed E-state index contributed by atoms with van der Waals surface area (Å²) in [4.78, 5) is 8.78. The normalized spacial score (nSPS) is 10.1. The SMILES string of the molecule is Cc1c(CCN)c2c(O)cccc2n1C.NC(=O)O. The highest BCUT2D eigenvalue weighted by Gasteiger charge is 2.13. The third-order valence-corrected chi connectivity index (χ3v) is 3.02. The number of fused-ring (bicyclic) bond motifs is 1. The van der Waals surface area contributed by atoms with E-state index in [4.69, 9.17) is 15.6 Å². The van der Waals surface area contributed by atoms with E-state index in [0.29, 0.717) is 12.3 Å². The molecular formula is C13H19N3O3. The number of hydrogen-bond acceptors (Lipinski definition) is 3. The number of primary amides is 1. The molecule has 0 aliphatic rings. The first-order valence-electron chi connectivity index (χ1n) is 5.84. The zero-order valence-electron chi connectivity index (χ0n) is 11.1. The first-order chi connectivity index (χ1) is 8.90. The molecule has 0 aliphatic heterocycles. The molecule has 0 unspecified atom stereocenters. The Hall–Kier alpha value is -2.21. The van der Waals surface area contributed by atoms with Crippen LogP contribution >= 0.6 is 0 Å².